The first-order valence-corrected chi connectivity index (χ1v) is 10.1. The number of aromatic amines is 1. The third kappa shape index (κ3) is 4.82. The molecular weight excluding hydrogens is 482 g/mol. The Morgan fingerprint density at radius 3 is 2.25 bits per heavy atom. The highest BCUT2D eigenvalue weighted by Gasteiger charge is 2.38. The molecule has 12 heteroatoms. The molecule has 0 saturated carbocycles. The molecule has 4 N–H and O–H groups in total. The first-order chi connectivity index (χ1) is 17.1. The van der Waals surface area contributed by atoms with Crippen LogP contribution in [0.5, 0.6) is 0 Å². The van der Waals surface area contributed by atoms with Gasteiger partial charge in [0.15, 0.2) is 0 Å². The molecule has 0 aliphatic heterocycles. The lowest BCUT2D eigenvalue weighted by Crippen LogP contribution is -2.21. The van der Waals surface area contributed by atoms with Crippen molar-refractivity contribution in [1.29, 1.82) is 0 Å². The second kappa shape index (κ2) is 9.41. The Labute approximate surface area is 199 Å². The summed E-state index contributed by atoms with van der Waals surface area (Å²) in [5, 5.41) is 8.58. The topological polar surface area (TPSA) is 135 Å². The van der Waals surface area contributed by atoms with Gasteiger partial charge in [-0.3, -0.25) is 14.8 Å². The number of hydrogen-bond donors (Lipinski definition) is 3. The van der Waals surface area contributed by atoms with E-state index in [0.29, 0.717) is 27.7 Å². The second-order valence-corrected chi connectivity index (χ2v) is 7.43. The Kier molecular flexibility index (Phi) is 6.34. The number of alkyl halides is 3. The highest BCUT2D eigenvalue weighted by Crippen LogP contribution is 2.36. The number of pyridine rings is 3. The Morgan fingerprint density at radius 2 is 1.67 bits per heavy atom. The molecule has 0 aliphatic rings. The fourth-order valence-electron chi connectivity index (χ4n) is 3.49. The number of nitrogens with two attached hydrogens (primary N) is 1. The number of rotatable bonds is 3. The van der Waals surface area contributed by atoms with E-state index in [4.69, 9.17) is 15.6 Å². The van der Waals surface area contributed by atoms with Crippen molar-refractivity contribution in [2.75, 3.05) is 0 Å². The molecule has 0 spiro atoms. The highest BCUT2D eigenvalue weighted by molar-refractivity contribution is 6.13. The van der Waals surface area contributed by atoms with Gasteiger partial charge in [-0.2, -0.15) is 13.2 Å². The van der Waals surface area contributed by atoms with E-state index in [9.17, 15) is 22.4 Å². The molecule has 8 nitrogen and oxygen atoms in total. The van der Waals surface area contributed by atoms with Crippen molar-refractivity contribution < 1.29 is 32.3 Å². The predicted molar refractivity (Wildman–Crippen MR) is 122 cm³/mol. The maximum atomic E-state index is 14.9. The summed E-state index contributed by atoms with van der Waals surface area (Å²) in [6.45, 7) is 0. The molecule has 1 aromatic carbocycles. The van der Waals surface area contributed by atoms with Crippen molar-refractivity contribution in [2.45, 2.75) is 6.18 Å². The summed E-state index contributed by atoms with van der Waals surface area (Å²) in [7, 11) is 0. The van der Waals surface area contributed by atoms with E-state index in [2.05, 4.69) is 19.9 Å². The molecule has 0 aliphatic carbocycles. The maximum Gasteiger partial charge on any atom is 0.490 e. The van der Waals surface area contributed by atoms with Crippen LogP contribution in [0.25, 0.3) is 44.3 Å². The highest BCUT2D eigenvalue weighted by atomic mass is 19.4. The van der Waals surface area contributed by atoms with Crippen molar-refractivity contribution in [3.05, 3.63) is 78.6 Å². The zero-order chi connectivity index (χ0) is 26.0. The Balaban J connectivity index is 0.000000384. The Morgan fingerprint density at radius 1 is 0.972 bits per heavy atom. The molecule has 5 aromatic rings. The number of nitrogens with one attached hydrogen (secondary N) is 1. The minimum absolute atomic E-state index is 0.362. The van der Waals surface area contributed by atoms with E-state index in [-0.39, 0.29) is 0 Å². The van der Waals surface area contributed by atoms with Crippen LogP contribution in [0.3, 0.4) is 0 Å². The van der Waals surface area contributed by atoms with Gasteiger partial charge in [-0.15, -0.1) is 0 Å². The average Bonchev–Trinajstić information content (AvgIpc) is 3.22. The largest absolute Gasteiger partial charge is 0.490 e. The van der Waals surface area contributed by atoms with Crippen LogP contribution < -0.4 is 5.73 Å². The molecule has 1 amide bonds. The molecule has 182 valence electrons. The quantitative estimate of drug-likeness (QED) is 0.309. The van der Waals surface area contributed by atoms with Gasteiger partial charge in [0.05, 0.1) is 23.6 Å². The van der Waals surface area contributed by atoms with Gasteiger partial charge in [-0.05, 0) is 35.9 Å². The summed E-state index contributed by atoms with van der Waals surface area (Å²) in [4.78, 5) is 36.3. The van der Waals surface area contributed by atoms with Crippen LogP contribution in [0.1, 0.15) is 10.4 Å². The van der Waals surface area contributed by atoms with Gasteiger partial charge in [0.25, 0.3) is 0 Å². The SMILES string of the molecule is NC(=O)c1ccc(-c2c(F)cnc3[nH]c4cnc(-c5cccnc5)cc4c23)cc1.O=C(O)C(F)(F)F. The number of carboxylic acids is 1. The number of H-pyrrole nitrogens is 1. The summed E-state index contributed by atoms with van der Waals surface area (Å²) in [5.74, 6) is -3.74. The first kappa shape index (κ1) is 24.3. The molecule has 0 unspecified atom stereocenters. The van der Waals surface area contributed by atoms with Gasteiger partial charge in [-0.1, -0.05) is 12.1 Å². The number of aliphatic carboxylic acids is 1. The number of hydrogen-bond acceptors (Lipinski definition) is 5. The molecule has 4 heterocycles. The number of carbonyl (C=O) groups excluding carboxylic acids is 1. The van der Waals surface area contributed by atoms with Gasteiger partial charge in [0, 0.05) is 39.9 Å². The van der Waals surface area contributed by atoms with Crippen molar-refractivity contribution in [2.24, 2.45) is 5.73 Å². The second-order valence-electron chi connectivity index (χ2n) is 7.43. The smallest absolute Gasteiger partial charge is 0.475 e. The van der Waals surface area contributed by atoms with Crippen molar-refractivity contribution in [1.82, 2.24) is 19.9 Å². The van der Waals surface area contributed by atoms with Crippen molar-refractivity contribution in [3.63, 3.8) is 0 Å². The summed E-state index contributed by atoms with van der Waals surface area (Å²) >= 11 is 0. The zero-order valence-corrected chi connectivity index (χ0v) is 18.0. The number of halogens is 4. The molecule has 0 bridgehead atoms. The van der Waals surface area contributed by atoms with Gasteiger partial charge in [0.1, 0.15) is 11.5 Å². The number of amides is 1. The van der Waals surface area contributed by atoms with E-state index >= 15 is 0 Å². The number of aromatic nitrogens is 4. The summed E-state index contributed by atoms with van der Waals surface area (Å²) in [5.41, 5.74) is 9.60. The predicted octanol–water partition coefficient (Wildman–Crippen LogP) is 4.71. The molecule has 0 radical (unpaired) electrons. The first-order valence-electron chi connectivity index (χ1n) is 10.1. The van der Waals surface area contributed by atoms with Crippen LogP contribution in [-0.2, 0) is 4.79 Å². The maximum absolute atomic E-state index is 14.9. The Bertz CT molecular complexity index is 1580. The normalized spacial score (nSPS) is 11.2. The molecule has 0 saturated heterocycles. The third-order valence-electron chi connectivity index (χ3n) is 5.12. The number of carboxylic acid groups (broad SMARTS) is 1. The van der Waals surface area contributed by atoms with Gasteiger partial charge >= 0.3 is 12.1 Å². The number of primary amides is 1. The minimum atomic E-state index is -5.08. The van der Waals surface area contributed by atoms with Crippen LogP contribution in [0.4, 0.5) is 17.6 Å². The third-order valence-corrected chi connectivity index (χ3v) is 5.12. The van der Waals surface area contributed by atoms with E-state index in [1.807, 2.05) is 18.2 Å². The fraction of sp³-hybridized carbons (Fsp3) is 0.0417. The lowest BCUT2D eigenvalue weighted by atomic mass is 9.99. The summed E-state index contributed by atoms with van der Waals surface area (Å²) in [6, 6.07) is 12.2. The van der Waals surface area contributed by atoms with E-state index in [1.54, 1.807) is 42.9 Å². The fourth-order valence-corrected chi connectivity index (χ4v) is 3.49. The lowest BCUT2D eigenvalue weighted by Gasteiger charge is -2.07. The van der Waals surface area contributed by atoms with Crippen LogP contribution in [-0.4, -0.2) is 43.1 Å². The van der Waals surface area contributed by atoms with Crippen LogP contribution in [0, 0.1) is 5.82 Å². The number of fused-ring (bicyclic) bond motifs is 3. The zero-order valence-electron chi connectivity index (χ0n) is 18.0. The van der Waals surface area contributed by atoms with Crippen LogP contribution in [0.2, 0.25) is 0 Å². The number of nitrogens with zero attached hydrogens (tertiary/aromatic N) is 3. The van der Waals surface area contributed by atoms with Crippen LogP contribution >= 0.6 is 0 Å². The van der Waals surface area contributed by atoms with Gasteiger partial charge in [0.2, 0.25) is 5.91 Å². The van der Waals surface area contributed by atoms with E-state index < -0.39 is 23.9 Å². The summed E-state index contributed by atoms with van der Waals surface area (Å²) < 4.78 is 46.6. The molecular formula is C24H15F4N5O3. The van der Waals surface area contributed by atoms with Crippen molar-refractivity contribution in [3.8, 4) is 22.4 Å². The molecule has 5 rings (SSSR count). The van der Waals surface area contributed by atoms with Gasteiger partial charge in [-0.25, -0.2) is 14.2 Å². The number of benzene rings is 1. The number of carbonyl (C=O) groups is 2. The molecule has 36 heavy (non-hydrogen) atoms. The lowest BCUT2D eigenvalue weighted by molar-refractivity contribution is -0.192. The van der Waals surface area contributed by atoms with E-state index in [0.717, 1.165) is 22.2 Å². The molecule has 0 fully saturated rings. The monoisotopic (exact) mass is 497 g/mol. The Hall–Kier alpha value is -4.87. The van der Waals surface area contributed by atoms with Gasteiger partial charge < -0.3 is 15.8 Å². The van der Waals surface area contributed by atoms with Crippen LogP contribution in [0.15, 0.2) is 67.3 Å². The summed E-state index contributed by atoms with van der Waals surface area (Å²) in [6.07, 6.45) is 1.23. The standard InChI is InChI=1S/C22H14FN5O.C2HF3O2/c23-16-10-27-22-20(19(16)12-3-5-13(6-4-12)21(24)29)15-8-17(26-11-18(15)28-22)14-2-1-7-25-9-14;3-2(4,5)1(6)7/h1-11H,(H2,24,29)(H,27,28);(H,6,7). The van der Waals surface area contributed by atoms with E-state index in [1.165, 1.54) is 6.20 Å². The average molecular weight is 497 g/mol. The molecule has 4 aromatic heterocycles. The molecule has 0 atom stereocenters. The minimum Gasteiger partial charge on any atom is -0.475 e. The van der Waals surface area contributed by atoms with Crippen molar-refractivity contribution >= 4 is 33.8 Å².